The normalized spacial score (nSPS) is 22.4. The predicted molar refractivity (Wildman–Crippen MR) is 94.2 cm³/mol. The Morgan fingerprint density at radius 1 is 1.36 bits per heavy atom. The molecule has 0 unspecified atom stereocenters. The standard InChI is InChI=1S/C19H27FN2O3/c1-3-24-14-18(23)22-10-8-19(9-11-22)12-17(13-25-19)21(2)16-6-4-15(20)5-7-16/h4-7,17H,3,8-14H2,1-2H3/t17-/m0/s1. The van der Waals surface area contributed by atoms with Crippen molar-refractivity contribution in [1.82, 2.24) is 4.90 Å². The zero-order chi connectivity index (χ0) is 17.9. The van der Waals surface area contributed by atoms with Gasteiger partial charge in [-0.3, -0.25) is 4.79 Å². The van der Waals surface area contributed by atoms with Crippen LogP contribution in [0.5, 0.6) is 0 Å². The molecular formula is C19H27FN2O3. The van der Waals surface area contributed by atoms with E-state index < -0.39 is 0 Å². The maximum atomic E-state index is 13.1. The lowest BCUT2D eigenvalue weighted by atomic mass is 9.87. The zero-order valence-electron chi connectivity index (χ0n) is 15.0. The van der Waals surface area contributed by atoms with Crippen molar-refractivity contribution in [3.8, 4) is 0 Å². The summed E-state index contributed by atoms with van der Waals surface area (Å²) in [6.45, 7) is 4.73. The highest BCUT2D eigenvalue weighted by Gasteiger charge is 2.44. The zero-order valence-corrected chi connectivity index (χ0v) is 15.0. The minimum absolute atomic E-state index is 0.0645. The molecular weight excluding hydrogens is 323 g/mol. The van der Waals surface area contributed by atoms with E-state index in [9.17, 15) is 9.18 Å². The van der Waals surface area contributed by atoms with Crippen molar-refractivity contribution in [3.63, 3.8) is 0 Å². The van der Waals surface area contributed by atoms with Crippen LogP contribution in [-0.4, -0.2) is 62.4 Å². The molecule has 6 heteroatoms. The quantitative estimate of drug-likeness (QED) is 0.818. The second kappa shape index (κ2) is 7.70. The molecule has 1 aromatic rings. The Bertz CT molecular complexity index is 585. The molecule has 0 radical (unpaired) electrons. The lowest BCUT2D eigenvalue weighted by Crippen LogP contribution is -2.48. The van der Waals surface area contributed by atoms with Gasteiger partial charge in [0.05, 0.1) is 18.2 Å². The van der Waals surface area contributed by atoms with E-state index in [1.807, 2.05) is 18.9 Å². The minimum Gasteiger partial charge on any atom is -0.373 e. The first kappa shape index (κ1) is 18.1. The summed E-state index contributed by atoms with van der Waals surface area (Å²) in [5, 5.41) is 0. The van der Waals surface area contributed by atoms with Crippen LogP contribution in [0.25, 0.3) is 0 Å². The summed E-state index contributed by atoms with van der Waals surface area (Å²) in [5.41, 5.74) is 0.859. The predicted octanol–water partition coefficient (Wildman–Crippen LogP) is 2.45. The van der Waals surface area contributed by atoms with Gasteiger partial charge in [0, 0.05) is 32.4 Å². The molecule has 2 heterocycles. The average molecular weight is 350 g/mol. The number of likely N-dealkylation sites (tertiary alicyclic amines) is 1. The van der Waals surface area contributed by atoms with E-state index in [2.05, 4.69) is 4.90 Å². The molecule has 0 aromatic heterocycles. The second-order valence-corrected chi connectivity index (χ2v) is 6.96. The number of likely N-dealkylation sites (N-methyl/N-ethyl adjacent to an activating group) is 1. The lowest BCUT2D eigenvalue weighted by Gasteiger charge is -2.39. The Kier molecular flexibility index (Phi) is 5.59. The van der Waals surface area contributed by atoms with Crippen molar-refractivity contribution in [2.45, 2.75) is 37.8 Å². The molecule has 2 aliphatic rings. The molecule has 1 atom stereocenters. The van der Waals surface area contributed by atoms with Gasteiger partial charge in [0.1, 0.15) is 12.4 Å². The first-order chi connectivity index (χ1) is 12.0. The number of nitrogens with zero attached hydrogens (tertiary/aromatic N) is 2. The number of rotatable bonds is 5. The van der Waals surface area contributed by atoms with Crippen LogP contribution in [-0.2, 0) is 14.3 Å². The summed E-state index contributed by atoms with van der Waals surface area (Å²) in [6.07, 6.45) is 2.66. The first-order valence-corrected chi connectivity index (χ1v) is 9.01. The highest BCUT2D eigenvalue weighted by atomic mass is 19.1. The summed E-state index contributed by atoms with van der Waals surface area (Å²) >= 11 is 0. The van der Waals surface area contributed by atoms with Crippen LogP contribution in [0.2, 0.25) is 0 Å². The smallest absolute Gasteiger partial charge is 0.248 e. The Balaban J connectivity index is 1.54. The van der Waals surface area contributed by atoms with Crippen LogP contribution in [0.3, 0.4) is 0 Å². The molecule has 1 aromatic carbocycles. The number of carbonyl (C=O) groups excluding carboxylic acids is 1. The molecule has 0 saturated carbocycles. The van der Waals surface area contributed by atoms with Crippen LogP contribution in [0.1, 0.15) is 26.2 Å². The molecule has 1 amide bonds. The summed E-state index contributed by atoms with van der Waals surface area (Å²) in [4.78, 5) is 16.1. The fraction of sp³-hybridized carbons (Fsp3) is 0.632. The fourth-order valence-corrected chi connectivity index (χ4v) is 3.75. The van der Waals surface area contributed by atoms with Crippen molar-refractivity contribution >= 4 is 11.6 Å². The van der Waals surface area contributed by atoms with E-state index in [-0.39, 0.29) is 30.0 Å². The van der Waals surface area contributed by atoms with Crippen LogP contribution >= 0.6 is 0 Å². The molecule has 1 spiro atoms. The largest absolute Gasteiger partial charge is 0.373 e. The third-order valence-corrected chi connectivity index (χ3v) is 5.43. The monoisotopic (exact) mass is 350 g/mol. The van der Waals surface area contributed by atoms with Gasteiger partial charge >= 0.3 is 0 Å². The Labute approximate surface area is 148 Å². The third kappa shape index (κ3) is 4.12. The first-order valence-electron chi connectivity index (χ1n) is 9.01. The highest BCUT2D eigenvalue weighted by Crippen LogP contribution is 2.38. The Morgan fingerprint density at radius 2 is 2.04 bits per heavy atom. The molecule has 138 valence electrons. The molecule has 3 rings (SSSR count). The lowest BCUT2D eigenvalue weighted by molar-refractivity contribution is -0.140. The third-order valence-electron chi connectivity index (χ3n) is 5.43. The number of amides is 1. The summed E-state index contributed by atoms with van der Waals surface area (Å²) in [7, 11) is 2.03. The van der Waals surface area contributed by atoms with E-state index in [4.69, 9.17) is 9.47 Å². The van der Waals surface area contributed by atoms with E-state index >= 15 is 0 Å². The van der Waals surface area contributed by atoms with E-state index in [1.54, 1.807) is 12.1 Å². The van der Waals surface area contributed by atoms with Gasteiger partial charge in [-0.05, 0) is 50.5 Å². The number of hydrogen-bond donors (Lipinski definition) is 0. The van der Waals surface area contributed by atoms with Gasteiger partial charge in [-0.15, -0.1) is 0 Å². The minimum atomic E-state index is -0.222. The number of benzene rings is 1. The van der Waals surface area contributed by atoms with Crippen molar-refractivity contribution in [2.75, 3.05) is 44.9 Å². The van der Waals surface area contributed by atoms with Crippen molar-refractivity contribution in [3.05, 3.63) is 30.1 Å². The molecule has 0 N–H and O–H groups in total. The van der Waals surface area contributed by atoms with Gasteiger partial charge in [0.25, 0.3) is 0 Å². The molecule has 0 bridgehead atoms. The van der Waals surface area contributed by atoms with Crippen LogP contribution in [0, 0.1) is 5.82 Å². The van der Waals surface area contributed by atoms with Gasteiger partial charge < -0.3 is 19.3 Å². The number of piperidine rings is 1. The summed E-state index contributed by atoms with van der Waals surface area (Å²) in [5.74, 6) is -0.157. The topological polar surface area (TPSA) is 42.0 Å². The number of anilines is 1. The van der Waals surface area contributed by atoms with Gasteiger partial charge in [-0.25, -0.2) is 4.39 Å². The van der Waals surface area contributed by atoms with Gasteiger partial charge in [-0.2, -0.15) is 0 Å². The Hall–Kier alpha value is -1.66. The van der Waals surface area contributed by atoms with Crippen molar-refractivity contribution in [2.24, 2.45) is 0 Å². The number of halogens is 1. The van der Waals surface area contributed by atoms with Crippen LogP contribution in [0.4, 0.5) is 10.1 Å². The summed E-state index contributed by atoms with van der Waals surface area (Å²) in [6, 6.07) is 6.85. The van der Waals surface area contributed by atoms with Gasteiger partial charge in [-0.1, -0.05) is 0 Å². The average Bonchev–Trinajstić information content (AvgIpc) is 3.04. The molecule has 2 fully saturated rings. The maximum absolute atomic E-state index is 13.1. The molecule has 0 aliphatic carbocycles. The SMILES string of the molecule is CCOCC(=O)N1CCC2(CC1)C[C@H](N(C)c1ccc(F)cc1)CO2. The Morgan fingerprint density at radius 3 is 2.68 bits per heavy atom. The number of ether oxygens (including phenoxy) is 2. The van der Waals surface area contributed by atoms with Gasteiger partial charge in [0.2, 0.25) is 5.91 Å². The van der Waals surface area contributed by atoms with Crippen molar-refractivity contribution < 1.29 is 18.7 Å². The molecule has 2 saturated heterocycles. The number of carbonyl (C=O) groups is 1. The molecule has 25 heavy (non-hydrogen) atoms. The second-order valence-electron chi connectivity index (χ2n) is 6.96. The van der Waals surface area contributed by atoms with E-state index in [0.29, 0.717) is 13.2 Å². The van der Waals surface area contributed by atoms with E-state index in [1.165, 1.54) is 12.1 Å². The summed E-state index contributed by atoms with van der Waals surface area (Å²) < 4.78 is 24.5. The van der Waals surface area contributed by atoms with Crippen molar-refractivity contribution in [1.29, 1.82) is 0 Å². The number of hydrogen-bond acceptors (Lipinski definition) is 4. The van der Waals surface area contributed by atoms with E-state index in [0.717, 1.165) is 38.0 Å². The highest BCUT2D eigenvalue weighted by molar-refractivity contribution is 5.77. The van der Waals surface area contributed by atoms with Gasteiger partial charge in [0.15, 0.2) is 0 Å². The molecule has 2 aliphatic heterocycles. The van der Waals surface area contributed by atoms with Crippen LogP contribution in [0.15, 0.2) is 24.3 Å². The fourth-order valence-electron chi connectivity index (χ4n) is 3.75. The molecule has 5 nitrogen and oxygen atoms in total. The van der Waals surface area contributed by atoms with Crippen LogP contribution < -0.4 is 4.90 Å². The maximum Gasteiger partial charge on any atom is 0.248 e.